The molecule has 0 aliphatic heterocycles. The molecule has 0 aromatic rings. The van der Waals surface area contributed by atoms with Crippen LogP contribution in [-0.2, 0) is 9.59 Å². The predicted octanol–water partition coefficient (Wildman–Crippen LogP) is 0.658. The lowest BCUT2D eigenvalue weighted by atomic mass is 10.2. The first-order valence-corrected chi connectivity index (χ1v) is 2.88. The molecule has 0 amide bonds. The van der Waals surface area contributed by atoms with Gasteiger partial charge in [-0.2, -0.15) is 0 Å². The standard InChI is InChI=1S/C7H8O4/c1-2-3-5(7(10)11)4-6(8)9/h2-4H,1H3,(H,8,9)(H,10,11). The van der Waals surface area contributed by atoms with E-state index in [1.54, 1.807) is 6.92 Å². The molecule has 0 aromatic heterocycles. The van der Waals surface area contributed by atoms with E-state index in [4.69, 9.17) is 10.2 Å². The highest BCUT2D eigenvalue weighted by molar-refractivity contribution is 5.96. The summed E-state index contributed by atoms with van der Waals surface area (Å²) in [5.41, 5.74) is -0.236. The number of hydrogen-bond acceptors (Lipinski definition) is 2. The molecule has 0 spiro atoms. The van der Waals surface area contributed by atoms with Crippen LogP contribution < -0.4 is 0 Å². The van der Waals surface area contributed by atoms with Crippen molar-refractivity contribution in [2.75, 3.05) is 0 Å². The van der Waals surface area contributed by atoms with Crippen LogP contribution in [0.4, 0.5) is 0 Å². The summed E-state index contributed by atoms with van der Waals surface area (Å²) < 4.78 is 0. The Balaban J connectivity index is 4.59. The number of aliphatic carboxylic acids is 2. The summed E-state index contributed by atoms with van der Waals surface area (Å²) in [5.74, 6) is -2.51. The molecule has 0 fully saturated rings. The summed E-state index contributed by atoms with van der Waals surface area (Å²) in [6.07, 6.45) is 3.32. The normalized spacial score (nSPS) is 11.9. The third-order valence-corrected chi connectivity index (χ3v) is 0.872. The third kappa shape index (κ3) is 3.91. The average Bonchev–Trinajstić information content (AvgIpc) is 1.86. The third-order valence-electron chi connectivity index (χ3n) is 0.872. The van der Waals surface area contributed by atoms with Crippen LogP contribution in [0.1, 0.15) is 6.92 Å². The van der Waals surface area contributed by atoms with Gasteiger partial charge in [-0.3, -0.25) is 0 Å². The molecule has 0 aliphatic carbocycles. The zero-order chi connectivity index (χ0) is 8.85. The summed E-state index contributed by atoms with van der Waals surface area (Å²) >= 11 is 0. The first-order valence-electron chi connectivity index (χ1n) is 2.88. The Morgan fingerprint density at radius 2 is 1.82 bits per heavy atom. The van der Waals surface area contributed by atoms with Crippen molar-refractivity contribution >= 4 is 11.9 Å². The van der Waals surface area contributed by atoms with Crippen molar-refractivity contribution in [3.63, 3.8) is 0 Å². The molecule has 0 atom stereocenters. The van der Waals surface area contributed by atoms with Crippen molar-refractivity contribution in [2.24, 2.45) is 0 Å². The second-order valence-electron chi connectivity index (χ2n) is 1.74. The lowest BCUT2D eigenvalue weighted by molar-refractivity contribution is -0.134. The number of allylic oxidation sites excluding steroid dienone is 1. The summed E-state index contributed by atoms with van der Waals surface area (Å²) in [5, 5.41) is 16.6. The van der Waals surface area contributed by atoms with Crippen molar-refractivity contribution in [3.8, 4) is 0 Å². The molecule has 0 aliphatic rings. The number of rotatable bonds is 3. The molecule has 0 bridgehead atoms. The number of carboxylic acid groups (broad SMARTS) is 2. The van der Waals surface area contributed by atoms with Gasteiger partial charge in [-0.1, -0.05) is 12.2 Å². The molecule has 0 rings (SSSR count). The van der Waals surface area contributed by atoms with Gasteiger partial charge in [-0.15, -0.1) is 0 Å². The van der Waals surface area contributed by atoms with Gasteiger partial charge in [0, 0.05) is 6.08 Å². The minimum Gasteiger partial charge on any atom is -0.478 e. The maximum Gasteiger partial charge on any atom is 0.335 e. The van der Waals surface area contributed by atoms with Crippen LogP contribution >= 0.6 is 0 Å². The van der Waals surface area contributed by atoms with Crippen LogP contribution in [-0.4, -0.2) is 22.2 Å². The van der Waals surface area contributed by atoms with Gasteiger partial charge in [0.25, 0.3) is 0 Å². The van der Waals surface area contributed by atoms with Crippen molar-refractivity contribution < 1.29 is 19.8 Å². The van der Waals surface area contributed by atoms with E-state index in [2.05, 4.69) is 0 Å². The molecule has 0 saturated carbocycles. The molecule has 0 unspecified atom stereocenters. The molecule has 0 radical (unpaired) electrons. The van der Waals surface area contributed by atoms with Gasteiger partial charge in [0.2, 0.25) is 0 Å². The molecule has 60 valence electrons. The first-order chi connectivity index (χ1) is 5.07. The fourth-order valence-electron chi connectivity index (χ4n) is 0.494. The van der Waals surface area contributed by atoms with Crippen LogP contribution in [0.5, 0.6) is 0 Å². The van der Waals surface area contributed by atoms with Gasteiger partial charge < -0.3 is 10.2 Å². The predicted molar refractivity (Wildman–Crippen MR) is 38.2 cm³/mol. The van der Waals surface area contributed by atoms with Crippen LogP contribution in [0.15, 0.2) is 23.8 Å². The maximum atomic E-state index is 10.2. The summed E-state index contributed by atoms with van der Waals surface area (Å²) in [6, 6.07) is 0. The molecular weight excluding hydrogens is 148 g/mol. The molecule has 4 heteroatoms. The van der Waals surface area contributed by atoms with E-state index in [1.807, 2.05) is 0 Å². The second kappa shape index (κ2) is 4.27. The summed E-state index contributed by atoms with van der Waals surface area (Å²) in [6.45, 7) is 1.61. The fraction of sp³-hybridized carbons (Fsp3) is 0.143. The minimum absolute atomic E-state index is 0.236. The Labute approximate surface area is 63.5 Å². The van der Waals surface area contributed by atoms with Crippen LogP contribution in [0, 0.1) is 0 Å². The monoisotopic (exact) mass is 156 g/mol. The van der Waals surface area contributed by atoms with Gasteiger partial charge in [0.15, 0.2) is 0 Å². The van der Waals surface area contributed by atoms with Crippen LogP contribution in [0.2, 0.25) is 0 Å². The van der Waals surface area contributed by atoms with Gasteiger partial charge in [-0.25, -0.2) is 9.59 Å². The lowest BCUT2D eigenvalue weighted by Gasteiger charge is -1.89. The molecular formula is C7H8O4. The van der Waals surface area contributed by atoms with E-state index in [9.17, 15) is 9.59 Å². The second-order valence-corrected chi connectivity index (χ2v) is 1.74. The smallest absolute Gasteiger partial charge is 0.335 e. The molecule has 0 saturated heterocycles. The van der Waals surface area contributed by atoms with Crippen molar-refractivity contribution in [3.05, 3.63) is 23.8 Å². The number of hydrogen-bond donors (Lipinski definition) is 2. The molecule has 2 N–H and O–H groups in total. The number of carboxylic acids is 2. The van der Waals surface area contributed by atoms with Gasteiger partial charge in [0.05, 0.1) is 5.57 Å². The maximum absolute atomic E-state index is 10.2. The summed E-state index contributed by atoms with van der Waals surface area (Å²) in [4.78, 5) is 20.3. The van der Waals surface area contributed by atoms with E-state index in [0.29, 0.717) is 6.08 Å². The van der Waals surface area contributed by atoms with Gasteiger partial charge in [0.1, 0.15) is 0 Å². The summed E-state index contributed by atoms with van der Waals surface area (Å²) in [7, 11) is 0. The zero-order valence-electron chi connectivity index (χ0n) is 5.94. The SMILES string of the molecule is CC=CC(=CC(=O)O)C(=O)O. The Kier molecular flexibility index (Phi) is 3.66. The van der Waals surface area contributed by atoms with E-state index >= 15 is 0 Å². The van der Waals surface area contributed by atoms with E-state index < -0.39 is 11.9 Å². The topological polar surface area (TPSA) is 74.6 Å². The Hall–Kier alpha value is -1.58. The largest absolute Gasteiger partial charge is 0.478 e. The highest BCUT2D eigenvalue weighted by Crippen LogP contribution is 1.96. The minimum atomic E-state index is -1.26. The Morgan fingerprint density at radius 3 is 2.09 bits per heavy atom. The van der Waals surface area contributed by atoms with Gasteiger partial charge in [-0.05, 0) is 6.92 Å². The van der Waals surface area contributed by atoms with Crippen molar-refractivity contribution in [1.82, 2.24) is 0 Å². The molecule has 11 heavy (non-hydrogen) atoms. The average molecular weight is 156 g/mol. The van der Waals surface area contributed by atoms with Crippen molar-refractivity contribution in [2.45, 2.75) is 6.92 Å². The lowest BCUT2D eigenvalue weighted by Crippen LogP contribution is -2.01. The fourth-order valence-corrected chi connectivity index (χ4v) is 0.494. The van der Waals surface area contributed by atoms with Crippen LogP contribution in [0.3, 0.4) is 0 Å². The van der Waals surface area contributed by atoms with E-state index in [0.717, 1.165) is 0 Å². The molecule has 0 heterocycles. The van der Waals surface area contributed by atoms with E-state index in [1.165, 1.54) is 12.2 Å². The Bertz CT molecular complexity index is 225. The highest BCUT2D eigenvalue weighted by atomic mass is 16.4. The quantitative estimate of drug-likeness (QED) is 0.465. The van der Waals surface area contributed by atoms with Gasteiger partial charge >= 0.3 is 11.9 Å². The Morgan fingerprint density at radius 1 is 1.27 bits per heavy atom. The highest BCUT2D eigenvalue weighted by Gasteiger charge is 2.03. The molecule has 4 nitrogen and oxygen atoms in total. The van der Waals surface area contributed by atoms with Crippen LogP contribution in [0.25, 0.3) is 0 Å². The molecule has 0 aromatic carbocycles. The zero-order valence-corrected chi connectivity index (χ0v) is 5.94. The first kappa shape index (κ1) is 9.42. The van der Waals surface area contributed by atoms with E-state index in [-0.39, 0.29) is 5.57 Å². The number of carbonyl (C=O) groups is 2. The van der Waals surface area contributed by atoms with Crippen molar-refractivity contribution in [1.29, 1.82) is 0 Å².